The van der Waals surface area contributed by atoms with Gasteiger partial charge in [-0.05, 0) is 43.4 Å². The molecule has 4 nitrogen and oxygen atoms in total. The minimum absolute atomic E-state index is 0.103. The van der Waals surface area contributed by atoms with Crippen molar-refractivity contribution in [3.05, 3.63) is 29.8 Å². The van der Waals surface area contributed by atoms with Crippen LogP contribution in [0.3, 0.4) is 0 Å². The number of unbranched alkanes of at least 4 members (excludes halogenated alkanes) is 2. The first-order chi connectivity index (χ1) is 10.6. The smallest absolute Gasteiger partial charge is 0.243 e. The van der Waals surface area contributed by atoms with Crippen LogP contribution in [-0.4, -0.2) is 37.0 Å². The quantitative estimate of drug-likeness (QED) is 0.784. The Morgan fingerprint density at radius 2 is 1.91 bits per heavy atom. The Morgan fingerprint density at radius 1 is 1.18 bits per heavy atom. The highest BCUT2D eigenvalue weighted by Crippen LogP contribution is 2.25. The maximum atomic E-state index is 12.7. The molecule has 1 aliphatic heterocycles. The second-order valence-corrected chi connectivity index (χ2v) is 7.94. The van der Waals surface area contributed by atoms with Gasteiger partial charge in [0.15, 0.2) is 0 Å². The minimum Gasteiger partial charge on any atom is -0.395 e. The number of sulfonamides is 1. The summed E-state index contributed by atoms with van der Waals surface area (Å²) in [5.74, 6) is 0. The summed E-state index contributed by atoms with van der Waals surface area (Å²) >= 11 is 0. The number of aliphatic hydroxyl groups is 1. The van der Waals surface area contributed by atoms with Crippen molar-refractivity contribution >= 4 is 10.0 Å². The molecule has 124 valence electrons. The van der Waals surface area contributed by atoms with E-state index in [9.17, 15) is 13.5 Å². The van der Waals surface area contributed by atoms with E-state index in [1.807, 2.05) is 12.1 Å². The average molecular weight is 325 g/mol. The summed E-state index contributed by atoms with van der Waals surface area (Å²) < 4.78 is 27.0. The lowest BCUT2D eigenvalue weighted by atomic mass is 10.1. The lowest BCUT2D eigenvalue weighted by Crippen LogP contribution is -2.45. The fourth-order valence-electron chi connectivity index (χ4n) is 3.02. The SMILES string of the molecule is CCCCCc1ccc(S(=O)(=O)N2CCCCC2CO)cc1. The van der Waals surface area contributed by atoms with E-state index in [0.717, 1.165) is 32.1 Å². The third-order valence-electron chi connectivity index (χ3n) is 4.38. The van der Waals surface area contributed by atoms with Crippen LogP contribution in [0.2, 0.25) is 0 Å². The normalized spacial score (nSPS) is 20.2. The van der Waals surface area contributed by atoms with Gasteiger partial charge in [-0.2, -0.15) is 4.31 Å². The van der Waals surface area contributed by atoms with E-state index in [1.54, 1.807) is 12.1 Å². The Kier molecular flexibility index (Phi) is 6.41. The van der Waals surface area contributed by atoms with Gasteiger partial charge in [-0.3, -0.25) is 0 Å². The summed E-state index contributed by atoms with van der Waals surface area (Å²) in [7, 11) is -3.49. The zero-order valence-electron chi connectivity index (χ0n) is 13.4. The maximum absolute atomic E-state index is 12.7. The van der Waals surface area contributed by atoms with Crippen LogP contribution < -0.4 is 0 Å². The Bertz CT molecular complexity index is 554. The van der Waals surface area contributed by atoms with Crippen LogP contribution in [0.15, 0.2) is 29.2 Å². The highest BCUT2D eigenvalue weighted by atomic mass is 32.2. The van der Waals surface area contributed by atoms with Gasteiger partial charge >= 0.3 is 0 Å². The number of hydrogen-bond acceptors (Lipinski definition) is 3. The summed E-state index contributed by atoms with van der Waals surface area (Å²) in [5, 5.41) is 9.43. The first kappa shape index (κ1) is 17.4. The molecule has 0 aromatic heterocycles. The molecule has 1 saturated heterocycles. The molecule has 1 aromatic rings. The monoisotopic (exact) mass is 325 g/mol. The van der Waals surface area contributed by atoms with E-state index in [2.05, 4.69) is 6.92 Å². The van der Waals surface area contributed by atoms with Gasteiger partial charge in [0, 0.05) is 12.6 Å². The molecule has 5 heteroatoms. The van der Waals surface area contributed by atoms with Gasteiger partial charge in [-0.15, -0.1) is 0 Å². The molecule has 0 saturated carbocycles. The Balaban J connectivity index is 2.11. The van der Waals surface area contributed by atoms with E-state index in [0.29, 0.717) is 11.4 Å². The zero-order chi connectivity index (χ0) is 16.0. The molecule has 1 N–H and O–H groups in total. The summed E-state index contributed by atoms with van der Waals surface area (Å²) in [5.41, 5.74) is 1.18. The van der Waals surface area contributed by atoms with Crippen LogP contribution in [0, 0.1) is 0 Å². The molecule has 0 spiro atoms. The topological polar surface area (TPSA) is 57.6 Å². The molecule has 1 unspecified atom stereocenters. The van der Waals surface area contributed by atoms with Crippen molar-refractivity contribution in [2.45, 2.75) is 62.8 Å². The predicted octanol–water partition coefficient (Wildman–Crippen LogP) is 2.95. The second-order valence-electron chi connectivity index (χ2n) is 6.05. The number of benzene rings is 1. The van der Waals surface area contributed by atoms with E-state index in [1.165, 1.54) is 22.7 Å². The maximum Gasteiger partial charge on any atom is 0.243 e. The first-order valence-corrected chi connectivity index (χ1v) is 9.75. The van der Waals surface area contributed by atoms with Gasteiger partial charge in [-0.25, -0.2) is 8.42 Å². The lowest BCUT2D eigenvalue weighted by molar-refractivity contribution is 0.155. The van der Waals surface area contributed by atoms with E-state index >= 15 is 0 Å². The Morgan fingerprint density at radius 3 is 2.55 bits per heavy atom. The van der Waals surface area contributed by atoms with Crippen molar-refractivity contribution in [1.29, 1.82) is 0 Å². The van der Waals surface area contributed by atoms with E-state index in [-0.39, 0.29) is 12.6 Å². The van der Waals surface area contributed by atoms with Crippen LogP contribution in [-0.2, 0) is 16.4 Å². The number of rotatable bonds is 7. The number of piperidine rings is 1. The average Bonchev–Trinajstić information content (AvgIpc) is 2.55. The van der Waals surface area contributed by atoms with Gasteiger partial charge in [0.2, 0.25) is 10.0 Å². The summed E-state index contributed by atoms with van der Waals surface area (Å²) in [6.45, 7) is 2.58. The van der Waals surface area contributed by atoms with Crippen LogP contribution in [0.4, 0.5) is 0 Å². The second kappa shape index (κ2) is 8.09. The molecular formula is C17H27NO3S. The molecule has 22 heavy (non-hydrogen) atoms. The Hall–Kier alpha value is -0.910. The summed E-state index contributed by atoms with van der Waals surface area (Å²) in [6.07, 6.45) is 7.11. The van der Waals surface area contributed by atoms with E-state index < -0.39 is 10.0 Å². The van der Waals surface area contributed by atoms with Crippen molar-refractivity contribution in [3.63, 3.8) is 0 Å². The standard InChI is InChI=1S/C17H27NO3S/c1-2-3-4-7-15-9-11-17(12-10-15)22(20,21)18-13-6-5-8-16(18)14-19/h9-12,16,19H,2-8,13-14H2,1H3. The third kappa shape index (κ3) is 4.09. The molecule has 0 amide bonds. The van der Waals surface area contributed by atoms with Gasteiger partial charge in [0.05, 0.1) is 11.5 Å². The predicted molar refractivity (Wildman–Crippen MR) is 88.3 cm³/mol. The number of hydrogen-bond donors (Lipinski definition) is 1. The highest BCUT2D eigenvalue weighted by molar-refractivity contribution is 7.89. The van der Waals surface area contributed by atoms with Crippen molar-refractivity contribution in [3.8, 4) is 0 Å². The van der Waals surface area contributed by atoms with Gasteiger partial charge < -0.3 is 5.11 Å². The largest absolute Gasteiger partial charge is 0.395 e. The molecule has 0 aliphatic carbocycles. The fraction of sp³-hybridized carbons (Fsp3) is 0.647. The molecule has 1 heterocycles. The van der Waals surface area contributed by atoms with Crippen LogP contribution >= 0.6 is 0 Å². The van der Waals surface area contributed by atoms with Crippen LogP contribution in [0.25, 0.3) is 0 Å². The molecule has 1 aliphatic rings. The molecule has 1 aromatic carbocycles. The van der Waals surface area contributed by atoms with Crippen molar-refractivity contribution in [1.82, 2.24) is 4.31 Å². The Labute approximate surface area is 134 Å². The highest BCUT2D eigenvalue weighted by Gasteiger charge is 2.32. The van der Waals surface area contributed by atoms with Gasteiger partial charge in [0.25, 0.3) is 0 Å². The van der Waals surface area contributed by atoms with Crippen molar-refractivity contribution in [2.24, 2.45) is 0 Å². The lowest BCUT2D eigenvalue weighted by Gasteiger charge is -2.33. The summed E-state index contributed by atoms with van der Waals surface area (Å²) in [6, 6.07) is 6.98. The number of nitrogens with zero attached hydrogens (tertiary/aromatic N) is 1. The van der Waals surface area contributed by atoms with Crippen molar-refractivity contribution in [2.75, 3.05) is 13.2 Å². The molecule has 0 bridgehead atoms. The summed E-state index contributed by atoms with van der Waals surface area (Å²) in [4.78, 5) is 0.340. The van der Waals surface area contributed by atoms with Crippen molar-refractivity contribution < 1.29 is 13.5 Å². The van der Waals surface area contributed by atoms with Gasteiger partial charge in [-0.1, -0.05) is 38.3 Å². The molecular weight excluding hydrogens is 298 g/mol. The number of aliphatic hydroxyl groups excluding tert-OH is 1. The molecule has 1 atom stereocenters. The fourth-order valence-corrected chi connectivity index (χ4v) is 4.70. The van der Waals surface area contributed by atoms with Gasteiger partial charge in [0.1, 0.15) is 0 Å². The first-order valence-electron chi connectivity index (χ1n) is 8.31. The molecule has 0 radical (unpaired) electrons. The van der Waals surface area contributed by atoms with Crippen LogP contribution in [0.1, 0.15) is 51.0 Å². The number of aryl methyl sites for hydroxylation is 1. The van der Waals surface area contributed by atoms with E-state index in [4.69, 9.17) is 0 Å². The van der Waals surface area contributed by atoms with Crippen LogP contribution in [0.5, 0.6) is 0 Å². The molecule has 2 rings (SSSR count). The minimum atomic E-state index is -3.49. The zero-order valence-corrected chi connectivity index (χ0v) is 14.2. The molecule has 1 fully saturated rings. The third-order valence-corrected chi connectivity index (χ3v) is 6.35.